The van der Waals surface area contributed by atoms with Crippen LogP contribution in [0.15, 0.2) is 48.5 Å². The highest BCUT2D eigenvalue weighted by Crippen LogP contribution is 2.53. The monoisotopic (exact) mass is 367 g/mol. The van der Waals surface area contributed by atoms with Crippen LogP contribution in [0.2, 0.25) is 5.02 Å². The number of benzene rings is 2. The maximum atomic E-state index is 12.4. The molecule has 2 aliphatic heterocycles. The van der Waals surface area contributed by atoms with Crippen LogP contribution < -0.4 is 10.1 Å². The van der Waals surface area contributed by atoms with Gasteiger partial charge in [-0.2, -0.15) is 5.10 Å². The molecule has 0 spiro atoms. The molecule has 6 nitrogen and oxygen atoms in total. The molecule has 2 atom stereocenters. The first kappa shape index (κ1) is 15.3. The van der Waals surface area contributed by atoms with Gasteiger partial charge in [-0.1, -0.05) is 41.9 Å². The minimum Gasteiger partial charge on any atom is -0.478 e. The van der Waals surface area contributed by atoms with E-state index in [-0.39, 0.29) is 12.5 Å². The summed E-state index contributed by atoms with van der Waals surface area (Å²) in [6, 6.07) is 14.5. The molecule has 0 amide bonds. The maximum absolute atomic E-state index is 12.4. The van der Waals surface area contributed by atoms with Gasteiger partial charge >= 0.3 is 5.97 Å². The molecule has 26 heavy (non-hydrogen) atoms. The molecule has 1 aromatic heterocycles. The van der Waals surface area contributed by atoms with E-state index >= 15 is 0 Å². The number of nitrogens with one attached hydrogen (secondary N) is 2. The van der Waals surface area contributed by atoms with Crippen molar-refractivity contribution in [1.82, 2.24) is 10.2 Å². The van der Waals surface area contributed by atoms with Gasteiger partial charge < -0.3 is 15.2 Å². The van der Waals surface area contributed by atoms with E-state index in [2.05, 4.69) is 15.5 Å². The molecule has 0 radical (unpaired) electrons. The standard InChI is InChI=1S/C19H14ClN3O3/c20-11-6-7-14-12(8-11)13-9-19(26-14,18(24)25)15-16(22-23-17(15)21-13)10-4-2-1-3-5-10/h1-8,13H,9H2,(H,24,25)(H2,21,22,23)/t13-,19-/m1/s1. The van der Waals surface area contributed by atoms with Gasteiger partial charge in [0, 0.05) is 22.6 Å². The highest BCUT2D eigenvalue weighted by atomic mass is 35.5. The summed E-state index contributed by atoms with van der Waals surface area (Å²) in [7, 11) is 0. The number of anilines is 1. The Morgan fingerprint density at radius 1 is 1.27 bits per heavy atom. The van der Waals surface area contributed by atoms with E-state index in [0.29, 0.717) is 27.8 Å². The molecule has 0 unspecified atom stereocenters. The van der Waals surface area contributed by atoms with Crippen molar-refractivity contribution < 1.29 is 14.6 Å². The number of H-pyrrole nitrogens is 1. The lowest BCUT2D eigenvalue weighted by molar-refractivity contribution is -0.159. The fourth-order valence-corrected chi connectivity index (χ4v) is 4.03. The molecule has 3 N–H and O–H groups in total. The van der Waals surface area contributed by atoms with Gasteiger partial charge in [0.15, 0.2) is 5.82 Å². The Morgan fingerprint density at radius 2 is 2.08 bits per heavy atom. The first-order valence-electron chi connectivity index (χ1n) is 8.21. The van der Waals surface area contributed by atoms with E-state index in [4.69, 9.17) is 16.3 Å². The van der Waals surface area contributed by atoms with Crippen molar-refractivity contribution >= 4 is 23.4 Å². The van der Waals surface area contributed by atoms with Crippen molar-refractivity contribution in [2.75, 3.05) is 5.32 Å². The van der Waals surface area contributed by atoms with Crippen LogP contribution in [0.25, 0.3) is 11.3 Å². The summed E-state index contributed by atoms with van der Waals surface area (Å²) in [5.41, 5.74) is 1.35. The summed E-state index contributed by atoms with van der Waals surface area (Å²) in [6.07, 6.45) is 0.252. The number of ether oxygens (including phenoxy) is 1. The van der Waals surface area contributed by atoms with Crippen molar-refractivity contribution in [3.05, 3.63) is 64.7 Å². The Kier molecular flexibility index (Phi) is 3.09. The van der Waals surface area contributed by atoms with Crippen molar-refractivity contribution in [2.45, 2.75) is 18.1 Å². The van der Waals surface area contributed by atoms with Gasteiger partial charge in [0.1, 0.15) is 5.75 Å². The van der Waals surface area contributed by atoms with Crippen LogP contribution in [0.1, 0.15) is 23.6 Å². The topological polar surface area (TPSA) is 87.2 Å². The molecule has 2 aliphatic rings. The molecule has 2 aromatic carbocycles. The molecule has 7 heteroatoms. The zero-order valence-electron chi connectivity index (χ0n) is 13.5. The number of carboxylic acids is 1. The lowest BCUT2D eigenvalue weighted by Crippen LogP contribution is -2.49. The van der Waals surface area contributed by atoms with Gasteiger partial charge in [-0.25, -0.2) is 4.79 Å². The maximum Gasteiger partial charge on any atom is 0.353 e. The number of aromatic amines is 1. The number of nitrogens with zero attached hydrogens (tertiary/aromatic N) is 1. The average molecular weight is 368 g/mol. The predicted molar refractivity (Wildman–Crippen MR) is 96.4 cm³/mol. The minimum atomic E-state index is -1.51. The lowest BCUT2D eigenvalue weighted by Gasteiger charge is -2.43. The molecular weight excluding hydrogens is 354 g/mol. The third kappa shape index (κ3) is 1.99. The van der Waals surface area contributed by atoms with Gasteiger partial charge in [0.25, 0.3) is 0 Å². The Balaban J connectivity index is 1.74. The van der Waals surface area contributed by atoms with E-state index in [1.165, 1.54) is 0 Å². The number of aliphatic carboxylic acids is 1. The van der Waals surface area contributed by atoms with E-state index in [0.717, 1.165) is 11.1 Å². The van der Waals surface area contributed by atoms with Gasteiger partial charge in [-0.05, 0) is 18.2 Å². The SMILES string of the molecule is O=C(O)[C@@]12C[C@@H](Nc3n[nH]c(-c4ccccc4)c31)c1cc(Cl)ccc1O2. The lowest BCUT2D eigenvalue weighted by atomic mass is 9.78. The number of hydrogen-bond donors (Lipinski definition) is 3. The molecule has 3 heterocycles. The van der Waals surface area contributed by atoms with Gasteiger partial charge in [-0.15, -0.1) is 0 Å². The third-order valence-corrected chi connectivity index (χ3v) is 5.25. The summed E-state index contributed by atoms with van der Waals surface area (Å²) < 4.78 is 6.10. The first-order valence-corrected chi connectivity index (χ1v) is 8.59. The third-order valence-electron chi connectivity index (χ3n) is 5.01. The van der Waals surface area contributed by atoms with Crippen molar-refractivity contribution in [3.8, 4) is 17.0 Å². The second-order valence-electron chi connectivity index (χ2n) is 6.51. The summed E-state index contributed by atoms with van der Waals surface area (Å²) in [5.74, 6) is -0.0241. The minimum absolute atomic E-state index is 0.243. The number of hydrogen-bond acceptors (Lipinski definition) is 4. The highest BCUT2D eigenvalue weighted by molar-refractivity contribution is 6.30. The van der Waals surface area contributed by atoms with E-state index in [1.807, 2.05) is 30.3 Å². The zero-order valence-corrected chi connectivity index (χ0v) is 14.2. The van der Waals surface area contributed by atoms with Crippen LogP contribution in [-0.4, -0.2) is 21.3 Å². The van der Waals surface area contributed by atoms with Crippen LogP contribution in [0.3, 0.4) is 0 Å². The molecule has 0 saturated carbocycles. The zero-order chi connectivity index (χ0) is 17.9. The number of carboxylic acid groups (broad SMARTS) is 1. The number of rotatable bonds is 2. The Labute approximate surface area is 153 Å². The van der Waals surface area contributed by atoms with Crippen molar-refractivity contribution in [2.24, 2.45) is 0 Å². The normalized spacial score (nSPS) is 22.6. The predicted octanol–water partition coefficient (Wildman–Crippen LogP) is 3.96. The second kappa shape index (κ2) is 5.25. The van der Waals surface area contributed by atoms with E-state index < -0.39 is 11.6 Å². The number of aromatic nitrogens is 2. The average Bonchev–Trinajstić information content (AvgIpc) is 3.08. The molecule has 130 valence electrons. The molecular formula is C19H14ClN3O3. The van der Waals surface area contributed by atoms with Crippen LogP contribution in [0.4, 0.5) is 5.82 Å². The summed E-state index contributed by atoms with van der Waals surface area (Å²) in [5, 5.41) is 21.4. The van der Waals surface area contributed by atoms with Crippen LogP contribution in [-0.2, 0) is 10.4 Å². The van der Waals surface area contributed by atoms with Crippen LogP contribution in [0, 0.1) is 0 Å². The van der Waals surface area contributed by atoms with Crippen molar-refractivity contribution in [1.29, 1.82) is 0 Å². The fraction of sp³-hybridized carbons (Fsp3) is 0.158. The van der Waals surface area contributed by atoms with Crippen LogP contribution >= 0.6 is 11.6 Å². The smallest absolute Gasteiger partial charge is 0.353 e. The Hall–Kier alpha value is -2.99. The summed E-state index contributed by atoms with van der Waals surface area (Å²) in [6.45, 7) is 0. The molecule has 0 fully saturated rings. The Bertz CT molecular complexity index is 1030. The molecule has 2 bridgehead atoms. The highest BCUT2D eigenvalue weighted by Gasteiger charge is 2.55. The number of halogens is 1. The van der Waals surface area contributed by atoms with E-state index in [1.54, 1.807) is 18.2 Å². The molecule has 5 rings (SSSR count). The van der Waals surface area contributed by atoms with Crippen molar-refractivity contribution in [3.63, 3.8) is 0 Å². The fourth-order valence-electron chi connectivity index (χ4n) is 3.85. The number of fused-ring (bicyclic) bond motifs is 6. The quantitative estimate of drug-likeness (QED) is 0.638. The largest absolute Gasteiger partial charge is 0.478 e. The van der Waals surface area contributed by atoms with Gasteiger partial charge in [-0.3, -0.25) is 5.10 Å². The van der Waals surface area contributed by atoms with Crippen LogP contribution in [0.5, 0.6) is 5.75 Å². The summed E-state index contributed by atoms with van der Waals surface area (Å²) >= 11 is 6.11. The Morgan fingerprint density at radius 3 is 2.85 bits per heavy atom. The van der Waals surface area contributed by atoms with Gasteiger partial charge in [0.2, 0.25) is 5.60 Å². The molecule has 0 aliphatic carbocycles. The second-order valence-corrected chi connectivity index (χ2v) is 6.94. The summed E-state index contributed by atoms with van der Waals surface area (Å²) in [4.78, 5) is 12.4. The molecule has 3 aromatic rings. The van der Waals surface area contributed by atoms with E-state index in [9.17, 15) is 9.90 Å². The number of carbonyl (C=O) groups is 1. The first-order chi connectivity index (χ1) is 12.6. The van der Waals surface area contributed by atoms with Gasteiger partial charge in [0.05, 0.1) is 17.3 Å². The molecule has 0 saturated heterocycles.